The molecular formula is C12H14BrCl2NO2S. The molecule has 2 atom stereocenters. The van der Waals surface area contributed by atoms with Gasteiger partial charge in [-0.2, -0.15) is 0 Å². The quantitative estimate of drug-likeness (QED) is 0.799. The summed E-state index contributed by atoms with van der Waals surface area (Å²) in [4.78, 5) is 0.493. The minimum Gasteiger partial charge on any atom is -0.211 e. The summed E-state index contributed by atoms with van der Waals surface area (Å²) in [5.74, 6) is 0.337. The molecule has 106 valence electrons. The van der Waals surface area contributed by atoms with Crippen molar-refractivity contribution in [3.05, 3.63) is 28.2 Å². The molecule has 1 saturated carbocycles. The van der Waals surface area contributed by atoms with Gasteiger partial charge in [0.05, 0.1) is 4.90 Å². The van der Waals surface area contributed by atoms with Crippen LogP contribution in [0.25, 0.3) is 0 Å². The van der Waals surface area contributed by atoms with Crippen LogP contribution in [-0.2, 0) is 10.0 Å². The molecule has 1 aromatic carbocycles. The summed E-state index contributed by atoms with van der Waals surface area (Å²) >= 11 is 15.2. The van der Waals surface area contributed by atoms with Crippen molar-refractivity contribution in [3.8, 4) is 0 Å². The molecule has 19 heavy (non-hydrogen) atoms. The van der Waals surface area contributed by atoms with Gasteiger partial charge in [0.15, 0.2) is 0 Å². The first-order chi connectivity index (χ1) is 8.88. The van der Waals surface area contributed by atoms with Crippen LogP contribution in [0.15, 0.2) is 23.1 Å². The Morgan fingerprint density at radius 1 is 1.21 bits per heavy atom. The number of sulfonamides is 1. The predicted molar refractivity (Wildman–Crippen MR) is 81.7 cm³/mol. The van der Waals surface area contributed by atoms with Gasteiger partial charge in [-0.15, -0.1) is 0 Å². The Kier molecular flexibility index (Phi) is 5.17. The van der Waals surface area contributed by atoms with Gasteiger partial charge in [0.1, 0.15) is 0 Å². The summed E-state index contributed by atoms with van der Waals surface area (Å²) in [5, 5.41) is 0.624. The molecular weight excluding hydrogens is 373 g/mol. The van der Waals surface area contributed by atoms with Gasteiger partial charge in [-0.05, 0) is 37.0 Å². The van der Waals surface area contributed by atoms with Gasteiger partial charge in [-0.1, -0.05) is 45.6 Å². The van der Waals surface area contributed by atoms with Crippen molar-refractivity contribution in [2.45, 2.75) is 29.0 Å². The van der Waals surface area contributed by atoms with Gasteiger partial charge >= 0.3 is 0 Å². The number of hydrogen-bond acceptors (Lipinski definition) is 2. The van der Waals surface area contributed by atoms with Crippen LogP contribution in [0.4, 0.5) is 0 Å². The van der Waals surface area contributed by atoms with E-state index in [2.05, 4.69) is 20.7 Å². The molecule has 0 heterocycles. The highest BCUT2D eigenvalue weighted by molar-refractivity contribution is 9.09. The van der Waals surface area contributed by atoms with Crippen molar-refractivity contribution in [3.63, 3.8) is 0 Å². The smallest absolute Gasteiger partial charge is 0.211 e. The molecule has 0 bridgehead atoms. The first-order valence-corrected chi connectivity index (χ1v) is 9.14. The third kappa shape index (κ3) is 4.08. The molecule has 0 spiro atoms. The van der Waals surface area contributed by atoms with E-state index in [1.54, 1.807) is 0 Å². The first kappa shape index (κ1) is 15.6. The van der Waals surface area contributed by atoms with Crippen LogP contribution in [0.1, 0.15) is 19.3 Å². The fourth-order valence-electron chi connectivity index (χ4n) is 2.21. The lowest BCUT2D eigenvalue weighted by Crippen LogP contribution is -2.31. The van der Waals surface area contributed by atoms with Crippen LogP contribution in [0.5, 0.6) is 0 Å². The summed E-state index contributed by atoms with van der Waals surface area (Å²) in [6.45, 7) is 0.433. The first-order valence-electron chi connectivity index (χ1n) is 5.98. The van der Waals surface area contributed by atoms with Crippen LogP contribution >= 0.6 is 39.1 Å². The summed E-state index contributed by atoms with van der Waals surface area (Å²) in [6, 6.07) is 4.31. The van der Waals surface area contributed by atoms with Crippen LogP contribution < -0.4 is 4.72 Å². The second-order valence-corrected chi connectivity index (χ2v) is 8.48. The number of hydrogen-bond donors (Lipinski definition) is 1. The summed E-state index contributed by atoms with van der Waals surface area (Å²) in [7, 11) is -3.56. The molecule has 2 unspecified atom stereocenters. The van der Waals surface area contributed by atoms with Gasteiger partial charge in [0.2, 0.25) is 10.0 Å². The molecule has 0 amide bonds. The van der Waals surface area contributed by atoms with E-state index in [0.717, 1.165) is 19.3 Å². The number of benzene rings is 1. The van der Waals surface area contributed by atoms with E-state index in [-0.39, 0.29) is 4.90 Å². The molecule has 1 aliphatic rings. The molecule has 1 fully saturated rings. The fraction of sp³-hybridized carbons (Fsp3) is 0.500. The lowest BCUT2D eigenvalue weighted by atomic mass is 10.1. The third-order valence-electron chi connectivity index (χ3n) is 3.25. The summed E-state index contributed by atoms with van der Waals surface area (Å²) in [6.07, 6.45) is 3.26. The van der Waals surface area contributed by atoms with Crippen molar-refractivity contribution < 1.29 is 8.42 Å². The lowest BCUT2D eigenvalue weighted by Gasteiger charge is -2.15. The van der Waals surface area contributed by atoms with Crippen LogP contribution in [0.3, 0.4) is 0 Å². The zero-order valence-electron chi connectivity index (χ0n) is 10.1. The topological polar surface area (TPSA) is 46.2 Å². The highest BCUT2D eigenvalue weighted by atomic mass is 79.9. The standard InChI is InChI=1S/C12H14BrCl2NO2S/c13-12-3-1-2-8(12)7-16-19(17,18)11-5-9(14)4-10(15)6-11/h4-6,8,12,16H,1-3,7H2. The van der Waals surface area contributed by atoms with Gasteiger partial charge in [-0.25, -0.2) is 13.1 Å². The maximum atomic E-state index is 12.2. The molecule has 2 rings (SSSR count). The zero-order valence-corrected chi connectivity index (χ0v) is 14.0. The normalized spacial score (nSPS) is 23.7. The molecule has 3 nitrogen and oxygen atoms in total. The average Bonchev–Trinajstić information content (AvgIpc) is 2.71. The molecule has 1 aromatic rings. The predicted octanol–water partition coefficient (Wildman–Crippen LogP) is 3.84. The minimum absolute atomic E-state index is 0.106. The Bertz CT molecular complexity index is 545. The van der Waals surface area contributed by atoms with Crippen molar-refractivity contribution in [1.82, 2.24) is 4.72 Å². The Hall–Kier alpha value is 0.190. The van der Waals surface area contributed by atoms with E-state index in [1.165, 1.54) is 18.2 Å². The van der Waals surface area contributed by atoms with Crippen LogP contribution in [0.2, 0.25) is 10.0 Å². The molecule has 0 aromatic heterocycles. The Labute approximate surface area is 131 Å². The molecule has 1 aliphatic carbocycles. The third-order valence-corrected chi connectivity index (χ3v) is 6.29. The highest BCUT2D eigenvalue weighted by Gasteiger charge is 2.26. The monoisotopic (exact) mass is 385 g/mol. The largest absolute Gasteiger partial charge is 0.240 e. The van der Waals surface area contributed by atoms with E-state index in [9.17, 15) is 8.42 Å². The van der Waals surface area contributed by atoms with Gasteiger partial charge in [0.25, 0.3) is 0 Å². The van der Waals surface area contributed by atoms with E-state index in [1.807, 2.05) is 0 Å². The fourth-order valence-corrected chi connectivity index (χ4v) is 4.80. The van der Waals surface area contributed by atoms with E-state index >= 15 is 0 Å². The molecule has 0 radical (unpaired) electrons. The SMILES string of the molecule is O=S(=O)(NCC1CCCC1Br)c1cc(Cl)cc(Cl)c1. The van der Waals surface area contributed by atoms with Crippen molar-refractivity contribution >= 4 is 49.2 Å². The number of nitrogens with one attached hydrogen (secondary N) is 1. The lowest BCUT2D eigenvalue weighted by molar-refractivity contribution is 0.529. The molecule has 1 N–H and O–H groups in total. The summed E-state index contributed by atoms with van der Waals surface area (Å²) in [5.41, 5.74) is 0. The van der Waals surface area contributed by atoms with E-state index in [4.69, 9.17) is 23.2 Å². The Balaban J connectivity index is 2.09. The van der Waals surface area contributed by atoms with Gasteiger partial charge in [-0.3, -0.25) is 0 Å². The second-order valence-electron chi connectivity index (χ2n) is 4.66. The van der Waals surface area contributed by atoms with Crippen LogP contribution in [0, 0.1) is 5.92 Å². The summed E-state index contributed by atoms with van der Waals surface area (Å²) < 4.78 is 26.9. The maximum Gasteiger partial charge on any atom is 0.240 e. The van der Waals surface area contributed by atoms with Gasteiger partial charge in [0, 0.05) is 21.4 Å². The zero-order chi connectivity index (χ0) is 14.0. The number of halogens is 3. The van der Waals surface area contributed by atoms with Gasteiger partial charge < -0.3 is 0 Å². The number of alkyl halides is 1. The Morgan fingerprint density at radius 2 is 1.84 bits per heavy atom. The van der Waals surface area contributed by atoms with E-state index < -0.39 is 10.0 Å². The van der Waals surface area contributed by atoms with Crippen molar-refractivity contribution in [2.24, 2.45) is 5.92 Å². The second kappa shape index (κ2) is 6.31. The van der Waals surface area contributed by atoms with Crippen LogP contribution in [-0.4, -0.2) is 19.8 Å². The molecule has 7 heteroatoms. The number of rotatable bonds is 4. The molecule has 0 aliphatic heterocycles. The highest BCUT2D eigenvalue weighted by Crippen LogP contribution is 2.31. The van der Waals surface area contributed by atoms with Crippen molar-refractivity contribution in [2.75, 3.05) is 6.54 Å². The average molecular weight is 387 g/mol. The molecule has 0 saturated heterocycles. The Morgan fingerprint density at radius 3 is 2.37 bits per heavy atom. The van der Waals surface area contributed by atoms with E-state index in [0.29, 0.717) is 27.3 Å². The minimum atomic E-state index is -3.56. The van der Waals surface area contributed by atoms with Crippen molar-refractivity contribution in [1.29, 1.82) is 0 Å². The maximum absolute atomic E-state index is 12.2.